The summed E-state index contributed by atoms with van der Waals surface area (Å²) in [5.41, 5.74) is 8.02. The van der Waals surface area contributed by atoms with Gasteiger partial charge in [0, 0.05) is 10.7 Å². The van der Waals surface area contributed by atoms with E-state index in [9.17, 15) is 4.79 Å². The Kier molecular flexibility index (Phi) is 3.98. The average molecular weight is 295 g/mol. The number of anilines is 2. The number of hydrogen-bond donors (Lipinski definition) is 2. The van der Waals surface area contributed by atoms with Gasteiger partial charge >= 0.3 is 0 Å². The average Bonchev–Trinajstić information content (AvgIpc) is 2.33. The maximum atomic E-state index is 12.1. The number of rotatable bonds is 2. The van der Waals surface area contributed by atoms with Gasteiger partial charge in [-0.1, -0.05) is 29.3 Å². The van der Waals surface area contributed by atoms with Crippen molar-refractivity contribution in [3.05, 3.63) is 57.6 Å². The van der Waals surface area contributed by atoms with Crippen molar-refractivity contribution >= 4 is 40.5 Å². The second-order valence-corrected chi connectivity index (χ2v) is 5.01. The van der Waals surface area contributed by atoms with Crippen LogP contribution in [0.3, 0.4) is 0 Å². The van der Waals surface area contributed by atoms with Gasteiger partial charge in [-0.3, -0.25) is 4.79 Å². The Labute approximate surface area is 121 Å². The summed E-state index contributed by atoms with van der Waals surface area (Å²) >= 11 is 11.8. The fraction of sp³-hybridized carbons (Fsp3) is 0.0714. The minimum Gasteiger partial charge on any atom is -0.398 e. The molecular weight excluding hydrogens is 283 g/mol. The molecule has 5 heteroatoms. The first-order valence-electron chi connectivity index (χ1n) is 5.60. The molecule has 0 saturated carbocycles. The molecule has 0 aliphatic rings. The summed E-state index contributed by atoms with van der Waals surface area (Å²) in [4.78, 5) is 12.1. The van der Waals surface area contributed by atoms with Crippen molar-refractivity contribution in [3.8, 4) is 0 Å². The van der Waals surface area contributed by atoms with Gasteiger partial charge in [0.25, 0.3) is 5.91 Å². The van der Waals surface area contributed by atoms with Crippen LogP contribution in [0.2, 0.25) is 10.0 Å². The molecule has 19 heavy (non-hydrogen) atoms. The topological polar surface area (TPSA) is 55.1 Å². The SMILES string of the molecule is Cc1ccc(Cl)c(NC(=O)c2ccc(Cl)cc2N)c1. The van der Waals surface area contributed by atoms with Crippen LogP contribution in [0.1, 0.15) is 15.9 Å². The van der Waals surface area contributed by atoms with Crippen LogP contribution >= 0.6 is 23.2 Å². The zero-order chi connectivity index (χ0) is 14.0. The van der Waals surface area contributed by atoms with Crippen molar-refractivity contribution in [2.75, 3.05) is 11.1 Å². The predicted octanol–water partition coefficient (Wildman–Crippen LogP) is 4.14. The summed E-state index contributed by atoms with van der Waals surface area (Å²) in [6.45, 7) is 1.92. The first-order chi connectivity index (χ1) is 8.97. The third kappa shape index (κ3) is 3.19. The van der Waals surface area contributed by atoms with Crippen molar-refractivity contribution in [3.63, 3.8) is 0 Å². The minimum absolute atomic E-state index is 0.318. The lowest BCUT2D eigenvalue weighted by molar-refractivity contribution is 0.102. The Hall–Kier alpha value is -1.71. The summed E-state index contributed by atoms with van der Waals surface area (Å²) in [7, 11) is 0. The van der Waals surface area contributed by atoms with Crippen molar-refractivity contribution in [2.24, 2.45) is 0 Å². The molecule has 0 bridgehead atoms. The summed E-state index contributed by atoms with van der Waals surface area (Å²) in [6, 6.07) is 10.1. The van der Waals surface area contributed by atoms with E-state index in [0.717, 1.165) is 5.56 Å². The van der Waals surface area contributed by atoms with Crippen molar-refractivity contribution < 1.29 is 4.79 Å². The number of benzene rings is 2. The molecule has 2 aromatic carbocycles. The molecule has 2 aromatic rings. The zero-order valence-corrected chi connectivity index (χ0v) is 11.7. The van der Waals surface area contributed by atoms with Crippen LogP contribution in [-0.2, 0) is 0 Å². The molecule has 0 aliphatic carbocycles. The lowest BCUT2D eigenvalue weighted by Crippen LogP contribution is -2.14. The molecule has 3 N–H and O–H groups in total. The first-order valence-corrected chi connectivity index (χ1v) is 6.35. The lowest BCUT2D eigenvalue weighted by Gasteiger charge is -2.10. The summed E-state index contributed by atoms with van der Waals surface area (Å²) in [5, 5.41) is 3.70. The van der Waals surface area contributed by atoms with E-state index in [1.165, 1.54) is 6.07 Å². The third-order valence-electron chi connectivity index (χ3n) is 2.63. The van der Waals surface area contributed by atoms with Gasteiger partial charge in [0.05, 0.1) is 16.3 Å². The maximum Gasteiger partial charge on any atom is 0.257 e. The van der Waals surface area contributed by atoms with Crippen molar-refractivity contribution in [1.82, 2.24) is 0 Å². The van der Waals surface area contributed by atoms with E-state index in [1.54, 1.807) is 24.3 Å². The highest BCUT2D eigenvalue weighted by Gasteiger charge is 2.12. The molecule has 0 saturated heterocycles. The minimum atomic E-state index is -0.318. The number of aryl methyl sites for hydroxylation is 1. The van der Waals surface area contributed by atoms with Crippen LogP contribution in [0.15, 0.2) is 36.4 Å². The molecule has 0 heterocycles. The van der Waals surface area contributed by atoms with Crippen LogP contribution in [0.5, 0.6) is 0 Å². The van der Waals surface area contributed by atoms with Crippen LogP contribution in [0.4, 0.5) is 11.4 Å². The van der Waals surface area contributed by atoms with E-state index in [0.29, 0.717) is 27.0 Å². The van der Waals surface area contributed by atoms with Gasteiger partial charge in [-0.2, -0.15) is 0 Å². The number of nitrogens with two attached hydrogens (primary N) is 1. The molecule has 0 radical (unpaired) electrons. The van der Waals surface area contributed by atoms with Gasteiger partial charge < -0.3 is 11.1 Å². The van der Waals surface area contributed by atoms with E-state index in [4.69, 9.17) is 28.9 Å². The van der Waals surface area contributed by atoms with E-state index in [-0.39, 0.29) is 5.91 Å². The summed E-state index contributed by atoms with van der Waals surface area (Å²) in [5.74, 6) is -0.318. The van der Waals surface area contributed by atoms with Gasteiger partial charge in [-0.25, -0.2) is 0 Å². The maximum absolute atomic E-state index is 12.1. The monoisotopic (exact) mass is 294 g/mol. The van der Waals surface area contributed by atoms with Gasteiger partial charge in [-0.05, 0) is 42.8 Å². The van der Waals surface area contributed by atoms with Crippen molar-refractivity contribution in [2.45, 2.75) is 6.92 Å². The Balaban J connectivity index is 2.28. The van der Waals surface area contributed by atoms with Crippen LogP contribution in [0.25, 0.3) is 0 Å². The summed E-state index contributed by atoms with van der Waals surface area (Å²) in [6.07, 6.45) is 0. The molecular formula is C14H12Cl2N2O. The van der Waals surface area contributed by atoms with Gasteiger partial charge in [-0.15, -0.1) is 0 Å². The smallest absolute Gasteiger partial charge is 0.257 e. The van der Waals surface area contributed by atoms with E-state index in [2.05, 4.69) is 5.32 Å². The molecule has 0 spiro atoms. The highest BCUT2D eigenvalue weighted by Crippen LogP contribution is 2.25. The van der Waals surface area contributed by atoms with Crippen LogP contribution in [-0.4, -0.2) is 5.91 Å². The molecule has 0 fully saturated rings. The van der Waals surface area contributed by atoms with Crippen LogP contribution < -0.4 is 11.1 Å². The van der Waals surface area contributed by atoms with Crippen LogP contribution in [0, 0.1) is 6.92 Å². The van der Waals surface area contributed by atoms with Crippen molar-refractivity contribution in [1.29, 1.82) is 0 Å². The standard InChI is InChI=1S/C14H12Cl2N2O/c1-8-2-5-11(16)13(6-8)18-14(19)10-4-3-9(15)7-12(10)17/h2-7H,17H2,1H3,(H,18,19). The zero-order valence-electron chi connectivity index (χ0n) is 10.2. The number of hydrogen-bond acceptors (Lipinski definition) is 2. The number of nitrogen functional groups attached to an aromatic ring is 1. The molecule has 0 aliphatic heterocycles. The first kappa shape index (κ1) is 13.7. The van der Waals surface area contributed by atoms with Gasteiger partial charge in [0.15, 0.2) is 0 Å². The number of carbonyl (C=O) groups excluding carboxylic acids is 1. The fourth-order valence-corrected chi connectivity index (χ4v) is 2.01. The Morgan fingerprint density at radius 3 is 2.58 bits per heavy atom. The third-order valence-corrected chi connectivity index (χ3v) is 3.19. The largest absolute Gasteiger partial charge is 0.398 e. The highest BCUT2D eigenvalue weighted by molar-refractivity contribution is 6.34. The molecule has 2 rings (SSSR count). The number of carbonyl (C=O) groups is 1. The summed E-state index contributed by atoms with van der Waals surface area (Å²) < 4.78 is 0. The molecule has 3 nitrogen and oxygen atoms in total. The Morgan fingerprint density at radius 2 is 1.89 bits per heavy atom. The Morgan fingerprint density at radius 1 is 1.16 bits per heavy atom. The van der Waals surface area contributed by atoms with E-state index in [1.807, 2.05) is 13.0 Å². The molecule has 98 valence electrons. The number of amides is 1. The van der Waals surface area contributed by atoms with E-state index < -0.39 is 0 Å². The predicted molar refractivity (Wildman–Crippen MR) is 80.0 cm³/mol. The Bertz CT molecular complexity index is 641. The second kappa shape index (κ2) is 5.51. The fourth-order valence-electron chi connectivity index (χ4n) is 1.66. The van der Waals surface area contributed by atoms with Gasteiger partial charge in [0.1, 0.15) is 0 Å². The highest BCUT2D eigenvalue weighted by atomic mass is 35.5. The van der Waals surface area contributed by atoms with E-state index >= 15 is 0 Å². The number of halogens is 2. The quantitative estimate of drug-likeness (QED) is 0.818. The molecule has 0 atom stereocenters. The second-order valence-electron chi connectivity index (χ2n) is 4.17. The lowest BCUT2D eigenvalue weighted by atomic mass is 10.1. The normalized spacial score (nSPS) is 10.3. The van der Waals surface area contributed by atoms with Gasteiger partial charge in [0.2, 0.25) is 0 Å². The molecule has 1 amide bonds. The number of nitrogens with one attached hydrogen (secondary N) is 1. The molecule has 0 unspecified atom stereocenters. The molecule has 0 aromatic heterocycles.